The highest BCUT2D eigenvalue weighted by Crippen LogP contribution is 2.28. The molecule has 20 heavy (non-hydrogen) atoms. The fraction of sp³-hybridized carbons (Fsp3) is 0.188. The molecule has 0 aliphatic heterocycles. The third kappa shape index (κ3) is 3.36. The highest BCUT2D eigenvalue weighted by Gasteiger charge is 2.10. The Morgan fingerprint density at radius 2 is 2.05 bits per heavy atom. The number of carbonyl (C=O) groups is 1. The zero-order chi connectivity index (χ0) is 14.7. The van der Waals surface area contributed by atoms with Crippen LogP contribution >= 0.6 is 11.6 Å². The lowest BCUT2D eigenvalue weighted by Crippen LogP contribution is -1.97. The molecule has 2 aromatic rings. The predicted molar refractivity (Wildman–Crippen MR) is 79.9 cm³/mol. The number of benzene rings is 1. The van der Waals surface area contributed by atoms with E-state index in [4.69, 9.17) is 16.7 Å². The standard InChI is InChI=1S/C16H15ClNO2/c1-10(2)7-11-3-6-15(18-9-11)13-8-12(16(19)20)4-5-14(13)17/h3-10H,1-2H3,(H,19,20). The molecule has 1 aromatic heterocycles. The van der Waals surface area contributed by atoms with E-state index in [9.17, 15) is 4.79 Å². The maximum atomic E-state index is 11.0. The van der Waals surface area contributed by atoms with Gasteiger partial charge in [0.15, 0.2) is 0 Å². The highest BCUT2D eigenvalue weighted by molar-refractivity contribution is 6.33. The van der Waals surface area contributed by atoms with E-state index in [1.165, 1.54) is 6.07 Å². The van der Waals surface area contributed by atoms with Gasteiger partial charge in [0, 0.05) is 11.8 Å². The van der Waals surface area contributed by atoms with Crippen LogP contribution in [0.15, 0.2) is 36.5 Å². The second kappa shape index (κ2) is 6.06. The number of nitrogens with zero attached hydrogens (tertiary/aromatic N) is 1. The molecule has 0 saturated carbocycles. The van der Waals surface area contributed by atoms with Gasteiger partial charge in [-0.3, -0.25) is 4.98 Å². The summed E-state index contributed by atoms with van der Waals surface area (Å²) in [6.07, 6.45) is 3.87. The number of carboxylic acid groups (broad SMARTS) is 1. The monoisotopic (exact) mass is 288 g/mol. The first-order valence-corrected chi connectivity index (χ1v) is 6.69. The van der Waals surface area contributed by atoms with E-state index in [1.54, 1.807) is 18.3 Å². The third-order valence-corrected chi connectivity index (χ3v) is 3.13. The first-order valence-electron chi connectivity index (χ1n) is 6.31. The molecule has 0 bridgehead atoms. The Kier molecular flexibility index (Phi) is 4.40. The summed E-state index contributed by atoms with van der Waals surface area (Å²) in [7, 11) is 0. The van der Waals surface area contributed by atoms with Crippen LogP contribution in [-0.4, -0.2) is 16.1 Å². The Balaban J connectivity index is 2.36. The molecule has 0 spiro atoms. The van der Waals surface area contributed by atoms with Gasteiger partial charge < -0.3 is 5.11 Å². The summed E-state index contributed by atoms with van der Waals surface area (Å²) in [5.74, 6) is -0.533. The molecule has 0 atom stereocenters. The van der Waals surface area contributed by atoms with Crippen LogP contribution in [0.4, 0.5) is 0 Å². The molecule has 0 amide bonds. The lowest BCUT2D eigenvalue weighted by Gasteiger charge is -2.07. The van der Waals surface area contributed by atoms with Crippen molar-refractivity contribution in [2.24, 2.45) is 5.92 Å². The Hall–Kier alpha value is -1.87. The summed E-state index contributed by atoms with van der Waals surface area (Å²) in [6.45, 7) is 4.20. The van der Waals surface area contributed by atoms with Gasteiger partial charge in [-0.2, -0.15) is 0 Å². The van der Waals surface area contributed by atoms with Crippen LogP contribution in [0.25, 0.3) is 11.3 Å². The molecule has 103 valence electrons. The fourth-order valence-corrected chi connectivity index (χ4v) is 2.12. The van der Waals surface area contributed by atoms with Crippen molar-refractivity contribution >= 4 is 17.6 Å². The van der Waals surface area contributed by atoms with Crippen molar-refractivity contribution in [3.05, 3.63) is 59.1 Å². The smallest absolute Gasteiger partial charge is 0.335 e. The fourth-order valence-electron chi connectivity index (χ4n) is 1.90. The van der Waals surface area contributed by atoms with Gasteiger partial charge in [0.05, 0.1) is 16.3 Å². The molecule has 1 heterocycles. The molecule has 2 rings (SSSR count). The zero-order valence-corrected chi connectivity index (χ0v) is 12.1. The summed E-state index contributed by atoms with van der Waals surface area (Å²) < 4.78 is 0. The Morgan fingerprint density at radius 1 is 1.30 bits per heavy atom. The average Bonchev–Trinajstić information content (AvgIpc) is 2.39. The van der Waals surface area contributed by atoms with Crippen LogP contribution in [0.3, 0.4) is 0 Å². The normalized spacial score (nSPS) is 10.8. The Labute approximate surface area is 123 Å². The summed E-state index contributed by atoms with van der Waals surface area (Å²) in [4.78, 5) is 15.4. The lowest BCUT2D eigenvalue weighted by molar-refractivity contribution is 0.0697. The number of aromatic carboxylic acids is 1. The SMILES string of the molecule is CC(C)[CH]c1ccc(-c2cc(C(=O)O)ccc2Cl)nc1. The van der Waals surface area contributed by atoms with E-state index in [0.717, 1.165) is 5.56 Å². The molecule has 0 unspecified atom stereocenters. The van der Waals surface area contributed by atoms with Crippen molar-refractivity contribution in [1.29, 1.82) is 0 Å². The number of rotatable bonds is 4. The Morgan fingerprint density at radius 3 is 2.60 bits per heavy atom. The highest BCUT2D eigenvalue weighted by atomic mass is 35.5. The quantitative estimate of drug-likeness (QED) is 0.912. The summed E-state index contributed by atoms with van der Waals surface area (Å²) >= 11 is 6.12. The van der Waals surface area contributed by atoms with Crippen LogP contribution in [0, 0.1) is 12.3 Å². The average molecular weight is 289 g/mol. The third-order valence-electron chi connectivity index (χ3n) is 2.80. The topological polar surface area (TPSA) is 50.2 Å². The summed E-state index contributed by atoms with van der Waals surface area (Å²) in [6, 6.07) is 8.40. The zero-order valence-electron chi connectivity index (χ0n) is 11.3. The summed E-state index contributed by atoms with van der Waals surface area (Å²) in [5, 5.41) is 9.51. The van der Waals surface area contributed by atoms with Gasteiger partial charge in [-0.05, 0) is 42.2 Å². The van der Waals surface area contributed by atoms with E-state index < -0.39 is 5.97 Å². The second-order valence-corrected chi connectivity index (χ2v) is 5.29. The molecule has 0 aliphatic carbocycles. The number of hydrogen-bond donors (Lipinski definition) is 1. The molecular weight excluding hydrogens is 274 g/mol. The largest absolute Gasteiger partial charge is 0.478 e. The van der Waals surface area contributed by atoms with Crippen molar-refractivity contribution in [3.63, 3.8) is 0 Å². The molecule has 1 N–H and O–H groups in total. The molecule has 0 saturated heterocycles. The summed E-state index contributed by atoms with van der Waals surface area (Å²) in [5.41, 5.74) is 2.53. The molecule has 3 nitrogen and oxygen atoms in total. The lowest BCUT2D eigenvalue weighted by atomic mass is 10.0. The van der Waals surface area contributed by atoms with E-state index >= 15 is 0 Å². The van der Waals surface area contributed by atoms with Crippen LogP contribution in [-0.2, 0) is 0 Å². The van der Waals surface area contributed by atoms with Crippen LogP contribution in [0.5, 0.6) is 0 Å². The number of aromatic nitrogens is 1. The predicted octanol–water partition coefficient (Wildman–Crippen LogP) is 4.31. The van der Waals surface area contributed by atoms with Crippen LogP contribution in [0.1, 0.15) is 29.8 Å². The first kappa shape index (κ1) is 14.5. The van der Waals surface area contributed by atoms with E-state index in [-0.39, 0.29) is 5.56 Å². The van der Waals surface area contributed by atoms with Gasteiger partial charge in [0.25, 0.3) is 0 Å². The molecule has 0 fully saturated rings. The van der Waals surface area contributed by atoms with Crippen molar-refractivity contribution in [3.8, 4) is 11.3 Å². The van der Waals surface area contributed by atoms with Crippen molar-refractivity contribution in [1.82, 2.24) is 4.98 Å². The van der Waals surface area contributed by atoms with Gasteiger partial charge in [-0.1, -0.05) is 31.5 Å². The second-order valence-electron chi connectivity index (χ2n) is 4.89. The van der Waals surface area contributed by atoms with Gasteiger partial charge in [-0.15, -0.1) is 0 Å². The molecule has 0 aliphatic rings. The van der Waals surface area contributed by atoms with Crippen LogP contribution < -0.4 is 0 Å². The maximum absolute atomic E-state index is 11.0. The van der Waals surface area contributed by atoms with E-state index in [2.05, 4.69) is 25.3 Å². The maximum Gasteiger partial charge on any atom is 0.335 e. The molecule has 1 radical (unpaired) electrons. The number of halogens is 1. The number of carboxylic acids is 1. The first-order chi connectivity index (χ1) is 9.47. The number of pyridine rings is 1. The van der Waals surface area contributed by atoms with Crippen molar-refractivity contribution in [2.45, 2.75) is 13.8 Å². The van der Waals surface area contributed by atoms with Gasteiger partial charge in [-0.25, -0.2) is 4.79 Å². The van der Waals surface area contributed by atoms with Gasteiger partial charge in [0.1, 0.15) is 0 Å². The van der Waals surface area contributed by atoms with Gasteiger partial charge in [0.2, 0.25) is 0 Å². The molecule has 1 aromatic carbocycles. The van der Waals surface area contributed by atoms with Crippen molar-refractivity contribution in [2.75, 3.05) is 0 Å². The van der Waals surface area contributed by atoms with E-state index in [1.807, 2.05) is 12.1 Å². The van der Waals surface area contributed by atoms with Crippen molar-refractivity contribution < 1.29 is 9.90 Å². The minimum Gasteiger partial charge on any atom is -0.478 e. The van der Waals surface area contributed by atoms with E-state index in [0.29, 0.717) is 22.2 Å². The van der Waals surface area contributed by atoms with Gasteiger partial charge >= 0.3 is 5.97 Å². The number of hydrogen-bond acceptors (Lipinski definition) is 2. The van der Waals surface area contributed by atoms with Crippen LogP contribution in [0.2, 0.25) is 5.02 Å². The molecular formula is C16H15ClNO2. The minimum atomic E-state index is -0.979. The molecule has 4 heteroatoms. The Bertz CT molecular complexity index is 621. The minimum absolute atomic E-state index is 0.198.